The number of amides is 5. The first-order chi connectivity index (χ1) is 20.8. The summed E-state index contributed by atoms with van der Waals surface area (Å²) in [5, 5.41) is 9.53. The summed E-state index contributed by atoms with van der Waals surface area (Å²) in [6.07, 6.45) is -0.949. The van der Waals surface area contributed by atoms with Crippen LogP contribution in [-0.4, -0.2) is 52.4 Å². The van der Waals surface area contributed by atoms with Crippen LogP contribution in [0.4, 0.5) is 10.5 Å². The lowest BCUT2D eigenvalue weighted by Gasteiger charge is -2.39. The van der Waals surface area contributed by atoms with E-state index in [0.717, 1.165) is 22.2 Å². The molecule has 0 aliphatic heterocycles. The van der Waals surface area contributed by atoms with Crippen LogP contribution in [0, 0.1) is 11.8 Å². The Labute approximate surface area is 255 Å². The largest absolute Gasteiger partial charge is 0.436 e. The van der Waals surface area contributed by atoms with Gasteiger partial charge in [0.2, 0.25) is 17.7 Å². The topological polar surface area (TPSA) is 198 Å². The van der Waals surface area contributed by atoms with Gasteiger partial charge in [0.15, 0.2) is 6.10 Å². The van der Waals surface area contributed by atoms with Gasteiger partial charge in [0.25, 0.3) is 5.91 Å². The Morgan fingerprint density at radius 3 is 2.27 bits per heavy atom. The van der Waals surface area contributed by atoms with Crippen LogP contribution in [-0.2, 0) is 32.0 Å². The monoisotopic (exact) mass is 604 g/mol. The molecule has 0 spiro atoms. The van der Waals surface area contributed by atoms with E-state index in [2.05, 4.69) is 20.9 Å². The fourth-order valence-corrected chi connectivity index (χ4v) is 5.58. The third-order valence-electron chi connectivity index (χ3n) is 8.31. The smallest absolute Gasteiger partial charge is 0.405 e. The molecular weight excluding hydrogens is 564 g/mol. The van der Waals surface area contributed by atoms with Crippen LogP contribution in [0.5, 0.6) is 0 Å². The maximum absolute atomic E-state index is 14.3. The molecular formula is C32H40N6O6. The Balaban J connectivity index is 1.66. The number of nitrogens with two attached hydrogens (primary N) is 2. The number of carbonyl (C=O) groups is 5. The number of primary amides is 2. The van der Waals surface area contributed by atoms with E-state index in [4.69, 9.17) is 16.2 Å². The first-order valence-electron chi connectivity index (χ1n) is 14.7. The standard InChI is InChI=1S/C32H40N6O6/c1-5-18(4)26(44-31(34)43)29(41)38-32(15-14-24-22(16-32)21-8-6-7-9-23(21)36-24)30(42)37-25(17(2)3)28(40)35-20-12-10-19(11-13-20)27(33)39/h6-13,17-18,25-26,36H,5,14-16H2,1-4H3,(H2,33,39)(H2,34,43)(H,35,40)(H,37,42)(H,38,41)/t18-,25-,26-,32+/m0/s1. The molecule has 12 heteroatoms. The lowest BCUT2D eigenvalue weighted by Crippen LogP contribution is -2.66. The number of hydrogen-bond donors (Lipinski definition) is 6. The highest BCUT2D eigenvalue weighted by Crippen LogP contribution is 2.35. The number of anilines is 1. The zero-order valence-corrected chi connectivity index (χ0v) is 25.4. The SMILES string of the molecule is CC[C@H](C)[C@H](OC(N)=O)C(=O)N[C@]1(C(=O)N[C@H](C(=O)Nc2ccc(C(N)=O)cc2)C(C)C)CCc2[nH]c3ccccc3c2C1. The summed E-state index contributed by atoms with van der Waals surface area (Å²) >= 11 is 0. The first kappa shape index (κ1) is 32.1. The molecule has 0 saturated carbocycles. The number of H-pyrrole nitrogens is 1. The van der Waals surface area contributed by atoms with Gasteiger partial charge in [0.1, 0.15) is 11.6 Å². The van der Waals surface area contributed by atoms with E-state index in [1.165, 1.54) is 12.1 Å². The van der Waals surface area contributed by atoms with Gasteiger partial charge < -0.3 is 37.1 Å². The number of hydrogen-bond acceptors (Lipinski definition) is 6. The van der Waals surface area contributed by atoms with Crippen LogP contribution >= 0.6 is 0 Å². The van der Waals surface area contributed by atoms with Crippen molar-refractivity contribution in [3.05, 3.63) is 65.4 Å². The minimum absolute atomic E-state index is 0.148. The van der Waals surface area contributed by atoms with E-state index >= 15 is 0 Å². The van der Waals surface area contributed by atoms with Crippen LogP contribution in [0.2, 0.25) is 0 Å². The molecule has 4 atom stereocenters. The van der Waals surface area contributed by atoms with E-state index in [1.807, 2.05) is 31.2 Å². The number of ether oxygens (including phenoxy) is 1. The molecule has 0 radical (unpaired) electrons. The van der Waals surface area contributed by atoms with E-state index in [0.29, 0.717) is 24.1 Å². The molecule has 1 aliphatic carbocycles. The Kier molecular flexibility index (Phi) is 9.61. The molecule has 8 N–H and O–H groups in total. The molecule has 3 aromatic rings. The van der Waals surface area contributed by atoms with Crippen molar-refractivity contribution in [1.29, 1.82) is 0 Å². The second-order valence-electron chi connectivity index (χ2n) is 11.7. The van der Waals surface area contributed by atoms with E-state index in [1.54, 1.807) is 32.9 Å². The second-order valence-corrected chi connectivity index (χ2v) is 11.7. The summed E-state index contributed by atoms with van der Waals surface area (Å²) < 4.78 is 5.20. The zero-order valence-electron chi connectivity index (χ0n) is 25.4. The van der Waals surface area contributed by atoms with E-state index < -0.39 is 47.4 Å². The van der Waals surface area contributed by atoms with Gasteiger partial charge in [-0.1, -0.05) is 45.9 Å². The van der Waals surface area contributed by atoms with Crippen molar-refractivity contribution in [3.63, 3.8) is 0 Å². The molecule has 12 nitrogen and oxygen atoms in total. The number of aromatic amines is 1. The number of para-hydroxylation sites is 1. The van der Waals surface area contributed by atoms with Crippen molar-refractivity contribution in [2.24, 2.45) is 23.3 Å². The van der Waals surface area contributed by atoms with Crippen molar-refractivity contribution in [3.8, 4) is 0 Å². The van der Waals surface area contributed by atoms with Gasteiger partial charge in [-0.05, 0) is 61.1 Å². The van der Waals surface area contributed by atoms with Gasteiger partial charge >= 0.3 is 6.09 Å². The number of aryl methyl sites for hydroxylation is 1. The van der Waals surface area contributed by atoms with Gasteiger partial charge in [0, 0.05) is 40.2 Å². The quantitative estimate of drug-likeness (QED) is 0.194. The molecule has 2 aromatic carbocycles. The molecule has 234 valence electrons. The van der Waals surface area contributed by atoms with Crippen LogP contribution in [0.1, 0.15) is 62.2 Å². The molecule has 5 amide bonds. The minimum atomic E-state index is -1.46. The van der Waals surface area contributed by atoms with Crippen molar-refractivity contribution in [2.45, 2.75) is 71.1 Å². The molecule has 0 fully saturated rings. The maximum Gasteiger partial charge on any atom is 0.405 e. The summed E-state index contributed by atoms with van der Waals surface area (Å²) in [5.41, 5.74) is 12.6. The molecule has 44 heavy (non-hydrogen) atoms. The predicted octanol–water partition coefficient (Wildman–Crippen LogP) is 2.90. The second kappa shape index (κ2) is 13.2. The fourth-order valence-electron chi connectivity index (χ4n) is 5.58. The highest BCUT2D eigenvalue weighted by Gasteiger charge is 2.47. The summed E-state index contributed by atoms with van der Waals surface area (Å²) in [7, 11) is 0. The summed E-state index contributed by atoms with van der Waals surface area (Å²) in [6, 6.07) is 12.8. The molecule has 1 heterocycles. The Hall–Kier alpha value is -4.87. The van der Waals surface area contributed by atoms with Gasteiger partial charge in [0.05, 0.1) is 0 Å². The van der Waals surface area contributed by atoms with Crippen LogP contribution in [0.25, 0.3) is 10.9 Å². The van der Waals surface area contributed by atoms with Gasteiger partial charge in [-0.15, -0.1) is 0 Å². The van der Waals surface area contributed by atoms with Gasteiger partial charge in [-0.2, -0.15) is 0 Å². The third-order valence-corrected chi connectivity index (χ3v) is 8.31. The van der Waals surface area contributed by atoms with Gasteiger partial charge in [-0.25, -0.2) is 4.79 Å². The van der Waals surface area contributed by atoms with Gasteiger partial charge in [-0.3, -0.25) is 19.2 Å². The summed E-state index contributed by atoms with van der Waals surface area (Å²) in [4.78, 5) is 67.9. The Bertz CT molecular complexity index is 1560. The Morgan fingerprint density at radius 2 is 1.66 bits per heavy atom. The van der Waals surface area contributed by atoms with Crippen LogP contribution < -0.4 is 27.4 Å². The van der Waals surface area contributed by atoms with Crippen molar-refractivity contribution in [2.75, 3.05) is 5.32 Å². The number of fused-ring (bicyclic) bond motifs is 3. The van der Waals surface area contributed by atoms with Crippen molar-refractivity contribution in [1.82, 2.24) is 15.6 Å². The number of rotatable bonds is 11. The minimum Gasteiger partial charge on any atom is -0.436 e. The maximum atomic E-state index is 14.3. The average molecular weight is 605 g/mol. The lowest BCUT2D eigenvalue weighted by atomic mass is 9.78. The molecule has 4 rings (SSSR count). The molecule has 1 aromatic heterocycles. The first-order valence-corrected chi connectivity index (χ1v) is 14.7. The van der Waals surface area contributed by atoms with E-state index in [-0.39, 0.29) is 24.7 Å². The number of benzene rings is 2. The third kappa shape index (κ3) is 6.85. The normalized spacial score (nSPS) is 18.0. The van der Waals surface area contributed by atoms with Crippen LogP contribution in [0.15, 0.2) is 48.5 Å². The lowest BCUT2D eigenvalue weighted by molar-refractivity contribution is -0.141. The number of carbonyl (C=O) groups excluding carboxylic acids is 5. The summed E-state index contributed by atoms with van der Waals surface area (Å²) in [6.45, 7) is 7.20. The molecule has 1 aliphatic rings. The highest BCUT2D eigenvalue weighted by atomic mass is 16.6. The zero-order chi connectivity index (χ0) is 32.2. The fraction of sp³-hybridized carbons (Fsp3) is 0.406. The van der Waals surface area contributed by atoms with Crippen molar-refractivity contribution < 1.29 is 28.7 Å². The summed E-state index contributed by atoms with van der Waals surface area (Å²) in [5.74, 6) is -2.94. The molecule has 0 unspecified atom stereocenters. The molecule has 0 bridgehead atoms. The highest BCUT2D eigenvalue weighted by molar-refractivity contribution is 6.01. The number of aromatic nitrogens is 1. The molecule has 0 saturated heterocycles. The Morgan fingerprint density at radius 1 is 0.977 bits per heavy atom. The van der Waals surface area contributed by atoms with E-state index in [9.17, 15) is 24.0 Å². The average Bonchev–Trinajstić information content (AvgIpc) is 3.35. The number of nitrogens with one attached hydrogen (secondary N) is 4. The predicted molar refractivity (Wildman–Crippen MR) is 165 cm³/mol. The van der Waals surface area contributed by atoms with Crippen LogP contribution in [0.3, 0.4) is 0 Å². The van der Waals surface area contributed by atoms with Crippen molar-refractivity contribution >= 4 is 46.3 Å².